The molecule has 9 nitrogen and oxygen atoms in total. The Balaban J connectivity index is 2.08. The van der Waals surface area contributed by atoms with Crippen LogP contribution in [0.1, 0.15) is 11.1 Å². The lowest BCUT2D eigenvalue weighted by Gasteiger charge is -2.19. The van der Waals surface area contributed by atoms with Gasteiger partial charge in [0.05, 0.1) is 38.5 Å². The van der Waals surface area contributed by atoms with Gasteiger partial charge in [-0.15, -0.1) is 0 Å². The van der Waals surface area contributed by atoms with E-state index in [-0.39, 0.29) is 23.8 Å². The van der Waals surface area contributed by atoms with Crippen molar-refractivity contribution in [3.05, 3.63) is 51.6 Å². The summed E-state index contributed by atoms with van der Waals surface area (Å²) in [5.74, 6) is 1.30. The number of likely N-dealkylation sites (N-methyl/N-ethyl adjacent to an activating group) is 1. The number of rotatable bonds is 9. The van der Waals surface area contributed by atoms with Gasteiger partial charge in [-0.3, -0.25) is 19.8 Å². The normalized spacial score (nSPS) is 10.6. The summed E-state index contributed by atoms with van der Waals surface area (Å²) in [6.45, 7) is 2.55. The summed E-state index contributed by atoms with van der Waals surface area (Å²) >= 11 is 0. The van der Waals surface area contributed by atoms with E-state index < -0.39 is 4.92 Å². The second kappa shape index (κ2) is 9.74. The molecule has 0 aromatic heterocycles. The number of carbonyl (C=O) groups excluding carboxylic acids is 1. The highest BCUT2D eigenvalue weighted by atomic mass is 16.6. The first-order valence-corrected chi connectivity index (χ1v) is 8.81. The Morgan fingerprint density at radius 1 is 1.07 bits per heavy atom. The molecule has 0 heterocycles. The molecule has 0 saturated carbocycles. The van der Waals surface area contributed by atoms with Crippen LogP contribution in [0.5, 0.6) is 17.2 Å². The molecule has 29 heavy (non-hydrogen) atoms. The van der Waals surface area contributed by atoms with Crippen molar-refractivity contribution in [2.45, 2.75) is 13.5 Å². The van der Waals surface area contributed by atoms with E-state index in [0.717, 1.165) is 11.1 Å². The smallest absolute Gasteiger partial charge is 0.271 e. The first-order chi connectivity index (χ1) is 13.8. The van der Waals surface area contributed by atoms with Crippen LogP contribution in [0.4, 0.5) is 11.4 Å². The zero-order chi connectivity index (χ0) is 21.6. The largest absolute Gasteiger partial charge is 0.495 e. The highest BCUT2D eigenvalue weighted by Crippen LogP contribution is 2.31. The van der Waals surface area contributed by atoms with Crippen LogP contribution in [0, 0.1) is 17.0 Å². The maximum Gasteiger partial charge on any atom is 0.271 e. The molecule has 0 aliphatic carbocycles. The molecule has 0 fully saturated rings. The van der Waals surface area contributed by atoms with Crippen LogP contribution in [0.2, 0.25) is 0 Å². The van der Waals surface area contributed by atoms with Crippen LogP contribution >= 0.6 is 0 Å². The Labute approximate surface area is 169 Å². The Bertz CT molecular complexity index is 900. The van der Waals surface area contributed by atoms with Crippen molar-refractivity contribution in [2.75, 3.05) is 40.2 Å². The maximum atomic E-state index is 12.4. The lowest BCUT2D eigenvalue weighted by molar-refractivity contribution is -0.384. The molecule has 9 heteroatoms. The van der Waals surface area contributed by atoms with E-state index in [4.69, 9.17) is 14.2 Å². The minimum atomic E-state index is -0.527. The first kappa shape index (κ1) is 22.0. The summed E-state index contributed by atoms with van der Waals surface area (Å²) in [5, 5.41) is 13.6. The van der Waals surface area contributed by atoms with E-state index in [1.54, 1.807) is 21.3 Å². The Kier molecular flexibility index (Phi) is 7.38. The monoisotopic (exact) mass is 403 g/mol. The Morgan fingerprint density at radius 2 is 1.69 bits per heavy atom. The van der Waals surface area contributed by atoms with Gasteiger partial charge in [-0.2, -0.15) is 0 Å². The van der Waals surface area contributed by atoms with Crippen LogP contribution in [0.3, 0.4) is 0 Å². The van der Waals surface area contributed by atoms with Crippen LogP contribution in [0.15, 0.2) is 30.3 Å². The van der Waals surface area contributed by atoms with Crippen molar-refractivity contribution in [3.63, 3.8) is 0 Å². The predicted octanol–water partition coefficient (Wildman–Crippen LogP) is 3.00. The van der Waals surface area contributed by atoms with Crippen molar-refractivity contribution in [1.82, 2.24) is 4.90 Å². The number of methoxy groups -OCH3 is 3. The van der Waals surface area contributed by atoms with Crippen LogP contribution in [-0.4, -0.2) is 50.7 Å². The molecule has 0 saturated heterocycles. The SMILES string of the molecule is COc1ccc([N+](=O)[O-])cc1NC(=O)CN(C)Cc1cc(OC)c(OC)cc1C. The third-order valence-electron chi connectivity index (χ3n) is 4.36. The quantitative estimate of drug-likeness (QED) is 0.507. The summed E-state index contributed by atoms with van der Waals surface area (Å²) < 4.78 is 15.8. The van der Waals surface area contributed by atoms with Crippen LogP contribution in [-0.2, 0) is 11.3 Å². The molecule has 0 radical (unpaired) electrons. The van der Waals surface area contributed by atoms with Crippen molar-refractivity contribution < 1.29 is 23.9 Å². The standard InChI is InChI=1S/C20H25N3O6/c1-13-8-18(28-4)19(29-5)9-14(13)11-22(2)12-20(24)21-16-10-15(23(25)26)6-7-17(16)27-3/h6-10H,11-12H2,1-5H3,(H,21,24). The number of nitrogens with one attached hydrogen (secondary N) is 1. The van der Waals surface area contributed by atoms with Crippen molar-refractivity contribution in [1.29, 1.82) is 0 Å². The van der Waals surface area contributed by atoms with Gasteiger partial charge in [-0.05, 0) is 43.3 Å². The molecule has 156 valence electrons. The minimum Gasteiger partial charge on any atom is -0.495 e. The summed E-state index contributed by atoms with van der Waals surface area (Å²) in [5.41, 5.74) is 2.12. The van der Waals surface area contributed by atoms with Gasteiger partial charge < -0.3 is 19.5 Å². The van der Waals surface area contributed by atoms with Gasteiger partial charge in [0, 0.05) is 18.7 Å². The van der Waals surface area contributed by atoms with Crippen LogP contribution < -0.4 is 19.5 Å². The average molecular weight is 403 g/mol. The van der Waals surface area contributed by atoms with Gasteiger partial charge in [0.1, 0.15) is 5.75 Å². The summed E-state index contributed by atoms with van der Waals surface area (Å²) in [4.78, 5) is 24.7. The second-order valence-electron chi connectivity index (χ2n) is 6.50. The lowest BCUT2D eigenvalue weighted by Crippen LogP contribution is -2.30. The topological polar surface area (TPSA) is 103 Å². The number of hydrogen-bond acceptors (Lipinski definition) is 7. The molecule has 0 bridgehead atoms. The fourth-order valence-corrected chi connectivity index (χ4v) is 2.88. The number of amides is 1. The Hall–Kier alpha value is -3.33. The van der Waals surface area contributed by atoms with Crippen molar-refractivity contribution >= 4 is 17.3 Å². The van der Waals surface area contributed by atoms with Gasteiger partial charge in [0.15, 0.2) is 11.5 Å². The molecule has 1 amide bonds. The highest BCUT2D eigenvalue weighted by Gasteiger charge is 2.16. The molecule has 0 atom stereocenters. The van der Waals surface area contributed by atoms with Gasteiger partial charge >= 0.3 is 0 Å². The molecule has 0 aliphatic rings. The number of carbonyl (C=O) groups is 1. The number of aryl methyl sites for hydroxylation is 1. The second-order valence-corrected chi connectivity index (χ2v) is 6.50. The number of benzene rings is 2. The number of anilines is 1. The molecule has 0 unspecified atom stereocenters. The molecule has 2 rings (SSSR count). The average Bonchev–Trinajstić information content (AvgIpc) is 2.68. The minimum absolute atomic E-state index is 0.0830. The molecule has 2 aromatic carbocycles. The van der Waals surface area contributed by atoms with E-state index in [2.05, 4.69) is 5.32 Å². The van der Waals surface area contributed by atoms with Crippen LogP contribution in [0.25, 0.3) is 0 Å². The fraction of sp³-hybridized carbons (Fsp3) is 0.350. The molecule has 2 aromatic rings. The van der Waals surface area contributed by atoms with E-state index in [1.165, 1.54) is 25.3 Å². The molecule has 0 aliphatic heterocycles. The number of ether oxygens (including phenoxy) is 3. The third kappa shape index (κ3) is 5.58. The molecule has 1 N–H and O–H groups in total. The molecular weight excluding hydrogens is 378 g/mol. The number of non-ortho nitro benzene ring substituents is 1. The van der Waals surface area contributed by atoms with Gasteiger partial charge in [-0.25, -0.2) is 0 Å². The zero-order valence-corrected chi connectivity index (χ0v) is 17.1. The lowest BCUT2D eigenvalue weighted by atomic mass is 10.1. The summed E-state index contributed by atoms with van der Waals surface area (Å²) in [7, 11) is 6.39. The van der Waals surface area contributed by atoms with Gasteiger partial charge in [-0.1, -0.05) is 0 Å². The molecule has 0 spiro atoms. The number of hydrogen-bond donors (Lipinski definition) is 1. The zero-order valence-electron chi connectivity index (χ0n) is 17.1. The first-order valence-electron chi connectivity index (χ1n) is 8.81. The Morgan fingerprint density at radius 3 is 2.28 bits per heavy atom. The summed E-state index contributed by atoms with van der Waals surface area (Å²) in [6, 6.07) is 7.81. The predicted molar refractivity (Wildman–Crippen MR) is 109 cm³/mol. The molecular formula is C20H25N3O6. The fourth-order valence-electron chi connectivity index (χ4n) is 2.88. The number of nitrogens with zero attached hydrogens (tertiary/aromatic N) is 2. The van der Waals surface area contributed by atoms with Crippen molar-refractivity contribution in [2.24, 2.45) is 0 Å². The number of nitro groups is 1. The highest BCUT2D eigenvalue weighted by molar-refractivity contribution is 5.94. The van der Waals surface area contributed by atoms with E-state index in [0.29, 0.717) is 23.8 Å². The van der Waals surface area contributed by atoms with E-state index in [9.17, 15) is 14.9 Å². The third-order valence-corrected chi connectivity index (χ3v) is 4.36. The van der Waals surface area contributed by atoms with E-state index >= 15 is 0 Å². The number of nitro benzene ring substituents is 1. The van der Waals surface area contributed by atoms with Gasteiger partial charge in [0.2, 0.25) is 5.91 Å². The van der Waals surface area contributed by atoms with Crippen molar-refractivity contribution in [3.8, 4) is 17.2 Å². The summed E-state index contributed by atoms with van der Waals surface area (Å²) in [6.07, 6.45) is 0. The van der Waals surface area contributed by atoms with E-state index in [1.807, 2.05) is 24.0 Å². The maximum absolute atomic E-state index is 12.4. The van der Waals surface area contributed by atoms with Gasteiger partial charge in [0.25, 0.3) is 5.69 Å².